The van der Waals surface area contributed by atoms with Crippen LogP contribution < -0.4 is 19.9 Å². The van der Waals surface area contributed by atoms with Crippen molar-refractivity contribution in [1.29, 1.82) is 5.26 Å². The molecule has 9 nitrogen and oxygen atoms in total. The molecule has 35 heavy (non-hydrogen) atoms. The second-order valence-corrected chi connectivity index (χ2v) is 7.82. The maximum absolute atomic E-state index is 13.5. The first-order chi connectivity index (χ1) is 16.7. The molecule has 0 aliphatic carbocycles. The number of nitriles is 1. The van der Waals surface area contributed by atoms with Crippen molar-refractivity contribution in [3.8, 4) is 28.8 Å². The maximum atomic E-state index is 13.5. The minimum Gasteiger partial charge on any atom is -0.462 e. The van der Waals surface area contributed by atoms with Crippen LogP contribution >= 0.6 is 0 Å². The number of ether oxygens (including phenoxy) is 2. The molecule has 0 N–H and O–H groups in total. The molecule has 1 aliphatic rings. The smallest absolute Gasteiger partial charge is 0.462 e. The third-order valence-corrected chi connectivity index (χ3v) is 5.64. The van der Waals surface area contributed by atoms with Crippen LogP contribution in [0.5, 0.6) is 11.5 Å². The number of likely N-dealkylation sites (N-methyl/N-ethyl adjacent to an activating group) is 1. The normalized spacial score (nSPS) is 13.6. The molecule has 0 bridgehead atoms. The predicted octanol–water partition coefficient (Wildman–Crippen LogP) is 3.82. The van der Waals surface area contributed by atoms with Gasteiger partial charge in [0, 0.05) is 18.2 Å². The zero-order valence-corrected chi connectivity index (χ0v) is 18.4. The molecule has 0 unspecified atom stereocenters. The van der Waals surface area contributed by atoms with Crippen LogP contribution in [0, 0.1) is 18.3 Å². The zero-order chi connectivity index (χ0) is 24.9. The number of nitrogens with zero attached hydrogens (tertiary/aromatic N) is 4. The Balaban J connectivity index is 1.51. The minimum atomic E-state index is -3.79. The van der Waals surface area contributed by atoms with E-state index in [1.807, 2.05) is 6.07 Å². The summed E-state index contributed by atoms with van der Waals surface area (Å²) < 4.78 is 42.4. The highest BCUT2D eigenvalue weighted by Crippen LogP contribution is 2.46. The van der Waals surface area contributed by atoms with Crippen molar-refractivity contribution in [2.45, 2.75) is 19.8 Å². The van der Waals surface area contributed by atoms with Gasteiger partial charge in [-0.15, -0.1) is 8.78 Å². The summed E-state index contributed by atoms with van der Waals surface area (Å²) in [7, 11) is 1.45. The van der Waals surface area contributed by atoms with E-state index in [0.29, 0.717) is 22.5 Å². The van der Waals surface area contributed by atoms with E-state index >= 15 is 0 Å². The van der Waals surface area contributed by atoms with Crippen LogP contribution in [0.25, 0.3) is 22.2 Å². The van der Waals surface area contributed by atoms with Gasteiger partial charge >= 0.3 is 6.29 Å². The highest BCUT2D eigenvalue weighted by molar-refractivity contribution is 5.95. The standard InChI is InChI=1S/C24H16F2N4O5/c1-13-17(6-7-18-21(13)35-24(25,26)34-18)29(2)19(31)12-30-23(32)16-8-9-33-22(16)20(28-30)15-5-3-4-14(10-15)11-27/h3-10H,12H2,1-2H3. The van der Waals surface area contributed by atoms with Crippen molar-refractivity contribution in [3.63, 3.8) is 0 Å². The SMILES string of the molecule is Cc1c(N(C)C(=O)Cn2nc(-c3cccc(C#N)c3)c3occc3c2=O)ccc2c1OC(F)(F)O2. The summed E-state index contributed by atoms with van der Waals surface area (Å²) in [4.78, 5) is 27.3. The molecule has 0 radical (unpaired) electrons. The average Bonchev–Trinajstić information content (AvgIpc) is 3.45. The highest BCUT2D eigenvalue weighted by Gasteiger charge is 2.44. The Labute approximate surface area is 196 Å². The third kappa shape index (κ3) is 3.74. The fourth-order valence-electron chi connectivity index (χ4n) is 3.91. The summed E-state index contributed by atoms with van der Waals surface area (Å²) in [6.07, 6.45) is -2.44. The fourth-order valence-corrected chi connectivity index (χ4v) is 3.91. The first-order valence-corrected chi connectivity index (χ1v) is 10.3. The lowest BCUT2D eigenvalue weighted by atomic mass is 10.1. The van der Waals surface area contributed by atoms with Crippen molar-refractivity contribution >= 4 is 22.6 Å². The maximum Gasteiger partial charge on any atom is 0.586 e. The molecule has 1 aliphatic heterocycles. The van der Waals surface area contributed by atoms with E-state index in [-0.39, 0.29) is 28.0 Å². The molecule has 0 saturated heterocycles. The van der Waals surface area contributed by atoms with Crippen molar-refractivity contribution < 1.29 is 27.5 Å². The van der Waals surface area contributed by atoms with Gasteiger partial charge in [0.1, 0.15) is 12.2 Å². The number of hydrogen-bond donors (Lipinski definition) is 0. The van der Waals surface area contributed by atoms with E-state index in [9.17, 15) is 23.6 Å². The summed E-state index contributed by atoms with van der Waals surface area (Å²) in [5.41, 5.74) is 1.48. The number of anilines is 1. The number of alkyl halides is 2. The van der Waals surface area contributed by atoms with Crippen LogP contribution in [0.15, 0.2) is 57.9 Å². The zero-order valence-electron chi connectivity index (χ0n) is 18.4. The van der Waals surface area contributed by atoms with Crippen LogP contribution in [0.1, 0.15) is 11.1 Å². The van der Waals surface area contributed by atoms with Gasteiger partial charge in [0.05, 0.1) is 29.0 Å². The molecule has 2 aromatic heterocycles. The number of aromatic nitrogens is 2. The Hall–Kier alpha value is -4.72. The van der Waals surface area contributed by atoms with Crippen LogP contribution in [0.3, 0.4) is 0 Å². The highest BCUT2D eigenvalue weighted by atomic mass is 19.3. The topological polar surface area (TPSA) is 111 Å². The molecule has 5 rings (SSSR count). The molecule has 0 atom stereocenters. The third-order valence-electron chi connectivity index (χ3n) is 5.64. The summed E-state index contributed by atoms with van der Waals surface area (Å²) in [6.45, 7) is 1.08. The summed E-state index contributed by atoms with van der Waals surface area (Å²) in [5.74, 6) is -0.834. The Bertz CT molecular complexity index is 1600. The molecule has 0 saturated carbocycles. The second-order valence-electron chi connectivity index (χ2n) is 7.82. The number of rotatable bonds is 4. The predicted molar refractivity (Wildman–Crippen MR) is 119 cm³/mol. The lowest BCUT2D eigenvalue weighted by Gasteiger charge is -2.20. The number of halogens is 2. The number of carbonyl (C=O) groups excluding carboxylic acids is 1. The van der Waals surface area contributed by atoms with Gasteiger partial charge < -0.3 is 18.8 Å². The van der Waals surface area contributed by atoms with Gasteiger partial charge in [-0.25, -0.2) is 4.68 Å². The molecule has 3 heterocycles. The first kappa shape index (κ1) is 22.1. The van der Waals surface area contributed by atoms with Gasteiger partial charge in [0.2, 0.25) is 5.91 Å². The molecule has 176 valence electrons. The van der Waals surface area contributed by atoms with Crippen molar-refractivity contribution in [1.82, 2.24) is 9.78 Å². The van der Waals surface area contributed by atoms with E-state index in [0.717, 1.165) is 4.68 Å². The molecular formula is C24H16F2N4O5. The van der Waals surface area contributed by atoms with Gasteiger partial charge in [-0.1, -0.05) is 12.1 Å². The van der Waals surface area contributed by atoms with E-state index < -0.39 is 24.3 Å². The van der Waals surface area contributed by atoms with Crippen LogP contribution in [0.4, 0.5) is 14.5 Å². The van der Waals surface area contributed by atoms with Crippen molar-refractivity contribution in [3.05, 3.63) is 70.2 Å². The quantitative estimate of drug-likeness (QED) is 0.438. The largest absolute Gasteiger partial charge is 0.586 e. The van der Waals surface area contributed by atoms with Crippen molar-refractivity contribution in [2.75, 3.05) is 11.9 Å². The molecule has 11 heteroatoms. The molecule has 1 amide bonds. The Morgan fingerprint density at radius 1 is 1.23 bits per heavy atom. The molecule has 0 fully saturated rings. The second kappa shape index (κ2) is 7.95. The number of benzene rings is 2. The van der Waals surface area contributed by atoms with Gasteiger partial charge in [-0.2, -0.15) is 10.4 Å². The lowest BCUT2D eigenvalue weighted by Crippen LogP contribution is -2.35. The van der Waals surface area contributed by atoms with Gasteiger partial charge in [-0.05, 0) is 37.3 Å². The Morgan fingerprint density at radius 3 is 2.80 bits per heavy atom. The molecule has 0 spiro atoms. The van der Waals surface area contributed by atoms with E-state index in [1.54, 1.807) is 24.3 Å². The minimum absolute atomic E-state index is 0.135. The van der Waals surface area contributed by atoms with Crippen LogP contribution in [-0.4, -0.2) is 29.0 Å². The van der Waals surface area contributed by atoms with Crippen LogP contribution in [-0.2, 0) is 11.3 Å². The van der Waals surface area contributed by atoms with E-state index in [4.69, 9.17) is 4.42 Å². The number of fused-ring (bicyclic) bond motifs is 2. The summed E-state index contributed by atoms with van der Waals surface area (Å²) in [6, 6.07) is 12.9. The average molecular weight is 478 g/mol. The summed E-state index contributed by atoms with van der Waals surface area (Å²) in [5, 5.41) is 13.8. The number of amides is 1. The monoisotopic (exact) mass is 478 g/mol. The van der Waals surface area contributed by atoms with Crippen molar-refractivity contribution in [2.24, 2.45) is 0 Å². The van der Waals surface area contributed by atoms with Gasteiger partial charge in [-0.3, -0.25) is 9.59 Å². The molecular weight excluding hydrogens is 462 g/mol. The van der Waals surface area contributed by atoms with E-state index in [2.05, 4.69) is 14.6 Å². The number of hydrogen-bond acceptors (Lipinski definition) is 7. The van der Waals surface area contributed by atoms with Gasteiger partial charge in [0.15, 0.2) is 17.1 Å². The first-order valence-electron chi connectivity index (χ1n) is 10.3. The lowest BCUT2D eigenvalue weighted by molar-refractivity contribution is -0.286. The number of furan rings is 1. The van der Waals surface area contributed by atoms with E-state index in [1.165, 1.54) is 43.3 Å². The van der Waals surface area contributed by atoms with Gasteiger partial charge in [0.25, 0.3) is 5.56 Å². The van der Waals surface area contributed by atoms with Crippen LogP contribution in [0.2, 0.25) is 0 Å². The summed E-state index contributed by atoms with van der Waals surface area (Å²) >= 11 is 0. The fraction of sp³-hybridized carbons (Fsp3) is 0.167. The Kier molecular flexibility index (Phi) is 5.02. The molecule has 2 aromatic carbocycles. The number of carbonyl (C=O) groups is 1. The molecule has 4 aromatic rings. The Morgan fingerprint density at radius 2 is 2.03 bits per heavy atom.